The monoisotopic (exact) mass is 488 g/mol. The molecule has 3 heterocycles. The second-order valence-electron chi connectivity index (χ2n) is 7.20. The topological polar surface area (TPSA) is 88.7 Å². The zero-order valence-electron chi connectivity index (χ0n) is 16.6. The number of aromatic nitrogens is 1. The van der Waals surface area contributed by atoms with Crippen molar-refractivity contribution in [3.05, 3.63) is 85.8 Å². The van der Waals surface area contributed by atoms with E-state index in [0.717, 1.165) is 10.3 Å². The Morgan fingerprint density at radius 2 is 1.81 bits per heavy atom. The van der Waals surface area contributed by atoms with E-state index in [1.54, 1.807) is 30.3 Å². The smallest absolute Gasteiger partial charge is 0.252 e. The van der Waals surface area contributed by atoms with Gasteiger partial charge in [0.2, 0.25) is 16.8 Å². The number of halogens is 1. The molecule has 5 rings (SSSR count). The van der Waals surface area contributed by atoms with Gasteiger partial charge in [-0.15, -0.1) is 11.3 Å². The van der Waals surface area contributed by atoms with Crippen molar-refractivity contribution in [1.29, 1.82) is 0 Å². The summed E-state index contributed by atoms with van der Waals surface area (Å²) in [6, 6.07) is 15.1. The third-order valence-corrected chi connectivity index (χ3v) is 8.28. The van der Waals surface area contributed by atoms with Gasteiger partial charge in [0.1, 0.15) is 4.90 Å². The quantitative estimate of drug-likeness (QED) is 0.435. The van der Waals surface area contributed by atoms with E-state index in [0.29, 0.717) is 22.6 Å². The number of thiophene rings is 1. The third kappa shape index (κ3) is 3.88. The van der Waals surface area contributed by atoms with Crippen molar-refractivity contribution < 1.29 is 17.9 Å². The summed E-state index contributed by atoms with van der Waals surface area (Å²) in [6.07, 6.45) is 0. The van der Waals surface area contributed by atoms with Crippen LogP contribution in [-0.4, -0.2) is 24.5 Å². The van der Waals surface area contributed by atoms with Gasteiger partial charge in [-0.3, -0.25) is 4.79 Å². The highest BCUT2D eigenvalue weighted by Gasteiger charge is 2.28. The second-order valence-corrected chi connectivity index (χ2v) is 10.5. The number of ether oxygens (including phenoxy) is 2. The Kier molecular flexibility index (Phi) is 5.42. The lowest BCUT2D eigenvalue weighted by atomic mass is 10.1. The van der Waals surface area contributed by atoms with E-state index in [-0.39, 0.29) is 35.4 Å². The van der Waals surface area contributed by atoms with Crippen molar-refractivity contribution in [2.24, 2.45) is 0 Å². The fraction of sp³-hybridized carbons (Fsp3) is 0.136. The molecule has 0 saturated carbocycles. The number of benzene rings is 2. The molecule has 0 fully saturated rings. The molecule has 4 aromatic rings. The standard InChI is InChI=1S/C22H17ClN2O5S2/c23-17-5-1-2-6-21(17)32(27,28)25(12-16-4-3-7-31-16)11-15-8-14-9-19-20(30-13-29-19)10-18(14)24-22(15)26/h1-10H,11-13H2,(H,24,26). The zero-order valence-corrected chi connectivity index (χ0v) is 19.0. The maximum atomic E-state index is 13.5. The van der Waals surface area contributed by atoms with Crippen molar-refractivity contribution in [1.82, 2.24) is 9.29 Å². The number of fused-ring (bicyclic) bond motifs is 2. The van der Waals surface area contributed by atoms with Gasteiger partial charge in [-0.2, -0.15) is 4.31 Å². The van der Waals surface area contributed by atoms with Crippen LogP contribution in [-0.2, 0) is 23.1 Å². The van der Waals surface area contributed by atoms with Gasteiger partial charge in [0.25, 0.3) is 5.56 Å². The first-order valence-corrected chi connectivity index (χ1v) is 12.3. The van der Waals surface area contributed by atoms with Crippen molar-refractivity contribution >= 4 is 43.9 Å². The Bertz CT molecular complexity index is 1470. The lowest BCUT2D eigenvalue weighted by Gasteiger charge is -2.22. The van der Waals surface area contributed by atoms with Crippen LogP contribution in [0.15, 0.2) is 69.7 Å². The lowest BCUT2D eigenvalue weighted by Crippen LogP contribution is -2.32. The molecular formula is C22H17ClN2O5S2. The molecule has 10 heteroatoms. The van der Waals surface area contributed by atoms with E-state index in [4.69, 9.17) is 21.1 Å². The summed E-state index contributed by atoms with van der Waals surface area (Å²) in [5.41, 5.74) is 0.521. The molecule has 1 aliphatic heterocycles. The molecule has 0 aliphatic carbocycles. The molecule has 0 bridgehead atoms. The number of hydrogen-bond donors (Lipinski definition) is 1. The highest BCUT2D eigenvalue weighted by atomic mass is 35.5. The van der Waals surface area contributed by atoms with Crippen LogP contribution in [0, 0.1) is 0 Å². The first kappa shape index (κ1) is 21.0. The number of H-pyrrole nitrogens is 1. The second kappa shape index (κ2) is 8.25. The molecule has 0 saturated heterocycles. The van der Waals surface area contributed by atoms with Crippen LogP contribution in [0.3, 0.4) is 0 Å². The van der Waals surface area contributed by atoms with Crippen LogP contribution < -0.4 is 15.0 Å². The van der Waals surface area contributed by atoms with Crippen LogP contribution in [0.1, 0.15) is 10.4 Å². The van der Waals surface area contributed by atoms with Gasteiger partial charge in [0.05, 0.1) is 10.5 Å². The highest BCUT2D eigenvalue weighted by Crippen LogP contribution is 2.35. The first-order valence-electron chi connectivity index (χ1n) is 9.64. The number of sulfonamides is 1. The number of aromatic amines is 1. The predicted octanol–water partition coefficient (Wildman–Crippen LogP) is 4.36. The molecule has 164 valence electrons. The Hall–Kier alpha value is -2.85. The summed E-state index contributed by atoms with van der Waals surface area (Å²) in [5, 5.41) is 2.72. The van der Waals surface area contributed by atoms with Gasteiger partial charge in [0.15, 0.2) is 11.5 Å². The van der Waals surface area contributed by atoms with Crippen molar-refractivity contribution in [2.75, 3.05) is 6.79 Å². The maximum absolute atomic E-state index is 13.5. The Morgan fingerprint density at radius 3 is 2.56 bits per heavy atom. The van der Waals surface area contributed by atoms with Crippen LogP contribution in [0.4, 0.5) is 0 Å². The summed E-state index contributed by atoms with van der Waals surface area (Å²) in [4.78, 5) is 16.5. The van der Waals surface area contributed by atoms with Crippen molar-refractivity contribution in [3.63, 3.8) is 0 Å². The van der Waals surface area contributed by atoms with Gasteiger partial charge in [-0.25, -0.2) is 8.42 Å². The fourth-order valence-corrected chi connectivity index (χ4v) is 6.23. The molecular weight excluding hydrogens is 472 g/mol. The van der Waals surface area contributed by atoms with E-state index >= 15 is 0 Å². The molecule has 0 amide bonds. The van der Waals surface area contributed by atoms with Gasteiger partial charge in [0, 0.05) is 35.0 Å². The van der Waals surface area contributed by atoms with Gasteiger partial charge < -0.3 is 14.5 Å². The molecule has 1 N–H and O–H groups in total. The average molecular weight is 489 g/mol. The number of hydrogen-bond acceptors (Lipinski definition) is 6. The minimum Gasteiger partial charge on any atom is -0.454 e. The normalized spacial score (nSPS) is 13.2. The molecule has 0 radical (unpaired) electrons. The minimum absolute atomic E-state index is 0.00110. The molecule has 2 aromatic heterocycles. The molecule has 0 atom stereocenters. The van der Waals surface area contributed by atoms with Crippen LogP contribution in [0.2, 0.25) is 5.02 Å². The zero-order chi connectivity index (χ0) is 22.3. The number of pyridine rings is 1. The first-order chi connectivity index (χ1) is 15.4. The number of nitrogens with one attached hydrogen (secondary N) is 1. The molecule has 0 unspecified atom stereocenters. The predicted molar refractivity (Wildman–Crippen MR) is 123 cm³/mol. The summed E-state index contributed by atoms with van der Waals surface area (Å²) in [7, 11) is -3.98. The summed E-state index contributed by atoms with van der Waals surface area (Å²) >= 11 is 7.65. The van der Waals surface area contributed by atoms with E-state index in [2.05, 4.69) is 4.98 Å². The van der Waals surface area contributed by atoms with E-state index < -0.39 is 10.0 Å². The lowest BCUT2D eigenvalue weighted by molar-refractivity contribution is 0.174. The SMILES string of the molecule is O=c1[nH]c2cc3c(cc2cc1CN(Cc1cccs1)S(=O)(=O)c1ccccc1Cl)OCO3. The Labute approximate surface area is 192 Å². The maximum Gasteiger partial charge on any atom is 0.252 e. The highest BCUT2D eigenvalue weighted by molar-refractivity contribution is 7.89. The molecule has 7 nitrogen and oxygen atoms in total. The van der Waals surface area contributed by atoms with E-state index in [1.165, 1.54) is 27.8 Å². The third-order valence-electron chi connectivity index (χ3n) is 5.13. The Balaban J connectivity index is 1.57. The largest absolute Gasteiger partial charge is 0.454 e. The molecule has 0 spiro atoms. The van der Waals surface area contributed by atoms with Gasteiger partial charge in [-0.1, -0.05) is 29.8 Å². The summed E-state index contributed by atoms with van der Waals surface area (Å²) < 4.78 is 39.1. The Morgan fingerprint density at radius 1 is 1.03 bits per heavy atom. The van der Waals surface area contributed by atoms with E-state index in [9.17, 15) is 13.2 Å². The van der Waals surface area contributed by atoms with Crippen LogP contribution in [0.25, 0.3) is 10.9 Å². The minimum atomic E-state index is -3.98. The van der Waals surface area contributed by atoms with E-state index in [1.807, 2.05) is 17.5 Å². The van der Waals surface area contributed by atoms with Crippen LogP contribution in [0.5, 0.6) is 11.5 Å². The number of rotatable bonds is 6. The molecule has 32 heavy (non-hydrogen) atoms. The van der Waals surface area contributed by atoms with Gasteiger partial charge in [-0.05, 0) is 35.7 Å². The summed E-state index contributed by atoms with van der Waals surface area (Å²) in [6.45, 7) is 0.114. The van der Waals surface area contributed by atoms with Crippen LogP contribution >= 0.6 is 22.9 Å². The summed E-state index contributed by atoms with van der Waals surface area (Å²) in [5.74, 6) is 1.14. The molecule has 2 aromatic carbocycles. The van der Waals surface area contributed by atoms with Gasteiger partial charge >= 0.3 is 0 Å². The molecule has 1 aliphatic rings. The average Bonchev–Trinajstić information content (AvgIpc) is 3.44. The number of nitrogens with zero attached hydrogens (tertiary/aromatic N) is 1. The van der Waals surface area contributed by atoms with Crippen molar-refractivity contribution in [2.45, 2.75) is 18.0 Å². The van der Waals surface area contributed by atoms with Crippen molar-refractivity contribution in [3.8, 4) is 11.5 Å². The fourth-order valence-electron chi connectivity index (χ4n) is 3.54.